The maximum atomic E-state index is 12.4. The fraction of sp³-hybridized carbons (Fsp3) is 0.450. The van der Waals surface area contributed by atoms with Gasteiger partial charge in [-0.25, -0.2) is 4.79 Å². The van der Waals surface area contributed by atoms with Crippen molar-refractivity contribution in [3.63, 3.8) is 0 Å². The lowest BCUT2D eigenvalue weighted by Gasteiger charge is -2.25. The Balaban J connectivity index is 2.00. The molecule has 0 aromatic heterocycles. The Kier molecular flexibility index (Phi) is 6.55. The van der Waals surface area contributed by atoms with Gasteiger partial charge in [0.15, 0.2) is 0 Å². The molecular weight excluding hydrogens is 336 g/mol. The zero-order valence-corrected chi connectivity index (χ0v) is 15.1. The molecule has 6 heteroatoms. The van der Waals surface area contributed by atoms with Gasteiger partial charge in [0.05, 0.1) is 11.8 Å². The normalized spacial score (nSPS) is 19.5. The van der Waals surface area contributed by atoms with E-state index in [1.807, 2.05) is 13.8 Å². The Morgan fingerprint density at radius 3 is 2.31 bits per heavy atom. The average Bonchev–Trinajstić information content (AvgIpc) is 2.64. The van der Waals surface area contributed by atoms with E-state index in [0.29, 0.717) is 31.4 Å². The highest BCUT2D eigenvalue weighted by Gasteiger charge is 2.31. The minimum atomic E-state index is -0.795. The van der Waals surface area contributed by atoms with E-state index in [1.165, 1.54) is 0 Å². The fourth-order valence-corrected chi connectivity index (χ4v) is 3.09. The summed E-state index contributed by atoms with van der Waals surface area (Å²) >= 11 is 0. The largest absolute Gasteiger partial charge is 0.481 e. The molecule has 26 heavy (non-hydrogen) atoms. The first kappa shape index (κ1) is 19.7. The van der Waals surface area contributed by atoms with Crippen molar-refractivity contribution < 1.29 is 29.0 Å². The second kappa shape index (κ2) is 8.65. The molecule has 0 unspecified atom stereocenters. The summed E-state index contributed by atoms with van der Waals surface area (Å²) in [6, 6.07) is 3.46. The second-order valence-electron chi connectivity index (χ2n) is 6.59. The Hall–Kier alpha value is -2.63. The van der Waals surface area contributed by atoms with Gasteiger partial charge in [0.2, 0.25) is 0 Å². The van der Waals surface area contributed by atoms with E-state index in [2.05, 4.69) is 6.58 Å². The predicted molar refractivity (Wildman–Crippen MR) is 94.6 cm³/mol. The summed E-state index contributed by atoms with van der Waals surface area (Å²) in [6.07, 6.45) is 3.17. The SMILES string of the molecule is C=CC(=O)OCc1ccc(OC(=O)C2CCC(C(=O)O)CC2)c(C)c1C. The van der Waals surface area contributed by atoms with Crippen molar-refractivity contribution in [2.24, 2.45) is 11.8 Å². The second-order valence-corrected chi connectivity index (χ2v) is 6.59. The van der Waals surface area contributed by atoms with E-state index < -0.39 is 11.9 Å². The summed E-state index contributed by atoms with van der Waals surface area (Å²) in [7, 11) is 0. The number of rotatable bonds is 6. The van der Waals surface area contributed by atoms with Gasteiger partial charge in [0.1, 0.15) is 12.4 Å². The molecule has 1 saturated carbocycles. The van der Waals surface area contributed by atoms with Crippen molar-refractivity contribution >= 4 is 17.9 Å². The van der Waals surface area contributed by atoms with Gasteiger partial charge in [-0.15, -0.1) is 0 Å². The maximum absolute atomic E-state index is 12.4. The number of hydrogen-bond donors (Lipinski definition) is 1. The van der Waals surface area contributed by atoms with E-state index in [4.69, 9.17) is 14.6 Å². The molecule has 1 aromatic carbocycles. The molecule has 1 N–H and O–H groups in total. The van der Waals surface area contributed by atoms with E-state index in [1.54, 1.807) is 12.1 Å². The Labute approximate surface area is 152 Å². The lowest BCUT2D eigenvalue weighted by Crippen LogP contribution is -2.28. The minimum Gasteiger partial charge on any atom is -0.481 e. The van der Waals surface area contributed by atoms with Crippen LogP contribution < -0.4 is 4.74 Å². The molecule has 0 amide bonds. The van der Waals surface area contributed by atoms with Gasteiger partial charge in [0.25, 0.3) is 0 Å². The van der Waals surface area contributed by atoms with Crippen LogP contribution in [0.5, 0.6) is 5.75 Å². The lowest BCUT2D eigenvalue weighted by atomic mass is 9.82. The molecule has 2 rings (SSSR count). The van der Waals surface area contributed by atoms with E-state index in [0.717, 1.165) is 22.8 Å². The summed E-state index contributed by atoms with van der Waals surface area (Å²) in [5.74, 6) is -1.75. The number of carbonyl (C=O) groups excluding carboxylic acids is 2. The molecule has 1 fully saturated rings. The summed E-state index contributed by atoms with van der Waals surface area (Å²) in [6.45, 7) is 7.21. The predicted octanol–water partition coefficient (Wildman–Crippen LogP) is 3.33. The minimum absolute atomic E-state index is 0.130. The number of benzene rings is 1. The molecule has 0 atom stereocenters. The Morgan fingerprint density at radius 1 is 1.12 bits per heavy atom. The molecular formula is C20H24O6. The third kappa shape index (κ3) is 4.71. The molecule has 1 aliphatic carbocycles. The summed E-state index contributed by atoms with van der Waals surface area (Å²) in [5, 5.41) is 9.03. The van der Waals surface area contributed by atoms with E-state index >= 15 is 0 Å². The number of carboxylic acid groups (broad SMARTS) is 1. The van der Waals surface area contributed by atoms with Crippen LogP contribution in [0.3, 0.4) is 0 Å². The molecule has 0 heterocycles. The molecule has 0 spiro atoms. The van der Waals surface area contributed by atoms with Gasteiger partial charge in [-0.3, -0.25) is 9.59 Å². The van der Waals surface area contributed by atoms with Gasteiger partial charge in [-0.2, -0.15) is 0 Å². The van der Waals surface area contributed by atoms with Gasteiger partial charge >= 0.3 is 17.9 Å². The van der Waals surface area contributed by atoms with Crippen LogP contribution in [0.25, 0.3) is 0 Å². The highest BCUT2D eigenvalue weighted by molar-refractivity contribution is 5.81. The first-order valence-electron chi connectivity index (χ1n) is 8.66. The van der Waals surface area contributed by atoms with Crippen LogP contribution in [-0.2, 0) is 25.7 Å². The fourth-order valence-electron chi connectivity index (χ4n) is 3.09. The van der Waals surface area contributed by atoms with Gasteiger partial charge in [-0.05, 0) is 62.3 Å². The standard InChI is InChI=1S/C20H24O6/c1-4-18(21)25-11-16-9-10-17(13(3)12(16)2)26-20(24)15-7-5-14(6-8-15)19(22)23/h4,9-10,14-15H,1,5-8,11H2,2-3H3,(H,22,23). The van der Waals surface area contributed by atoms with Crippen molar-refractivity contribution in [2.45, 2.75) is 46.1 Å². The number of esters is 2. The van der Waals surface area contributed by atoms with Crippen LogP contribution >= 0.6 is 0 Å². The van der Waals surface area contributed by atoms with Crippen LogP contribution in [0.15, 0.2) is 24.8 Å². The third-order valence-corrected chi connectivity index (χ3v) is 5.01. The van der Waals surface area contributed by atoms with Crippen LogP contribution in [-0.4, -0.2) is 23.0 Å². The van der Waals surface area contributed by atoms with Crippen LogP contribution in [0.2, 0.25) is 0 Å². The van der Waals surface area contributed by atoms with Crippen LogP contribution in [0, 0.1) is 25.7 Å². The molecule has 0 saturated heterocycles. The zero-order chi connectivity index (χ0) is 19.3. The van der Waals surface area contributed by atoms with Crippen LogP contribution in [0.1, 0.15) is 42.4 Å². The number of carbonyl (C=O) groups is 3. The third-order valence-electron chi connectivity index (χ3n) is 5.01. The van der Waals surface area contributed by atoms with Gasteiger partial charge in [0, 0.05) is 6.08 Å². The summed E-state index contributed by atoms with van der Waals surface area (Å²) < 4.78 is 10.6. The molecule has 1 aromatic rings. The molecule has 1 aliphatic rings. The highest BCUT2D eigenvalue weighted by atomic mass is 16.5. The molecule has 0 bridgehead atoms. The number of carboxylic acids is 1. The van der Waals surface area contributed by atoms with Gasteiger partial charge < -0.3 is 14.6 Å². The lowest BCUT2D eigenvalue weighted by molar-refractivity contribution is -0.146. The Morgan fingerprint density at radius 2 is 1.73 bits per heavy atom. The average molecular weight is 360 g/mol. The smallest absolute Gasteiger partial charge is 0.330 e. The quantitative estimate of drug-likeness (QED) is 0.475. The highest BCUT2D eigenvalue weighted by Crippen LogP contribution is 2.31. The van der Waals surface area contributed by atoms with Crippen molar-refractivity contribution in [1.82, 2.24) is 0 Å². The molecule has 0 radical (unpaired) electrons. The number of aliphatic carboxylic acids is 1. The zero-order valence-electron chi connectivity index (χ0n) is 15.1. The monoisotopic (exact) mass is 360 g/mol. The van der Waals surface area contributed by atoms with Crippen molar-refractivity contribution in [2.75, 3.05) is 0 Å². The van der Waals surface area contributed by atoms with Crippen LogP contribution in [0.4, 0.5) is 0 Å². The van der Waals surface area contributed by atoms with Crippen molar-refractivity contribution in [3.05, 3.63) is 41.5 Å². The van der Waals surface area contributed by atoms with Gasteiger partial charge in [-0.1, -0.05) is 12.6 Å². The topological polar surface area (TPSA) is 89.9 Å². The molecule has 6 nitrogen and oxygen atoms in total. The van der Waals surface area contributed by atoms with Crippen molar-refractivity contribution in [3.8, 4) is 5.75 Å². The number of hydrogen-bond acceptors (Lipinski definition) is 5. The first-order chi connectivity index (χ1) is 12.3. The Bertz CT molecular complexity index is 713. The maximum Gasteiger partial charge on any atom is 0.330 e. The van der Waals surface area contributed by atoms with Crippen molar-refractivity contribution in [1.29, 1.82) is 0 Å². The summed E-state index contributed by atoms with van der Waals surface area (Å²) in [5.41, 5.74) is 2.53. The van der Waals surface area contributed by atoms with E-state index in [-0.39, 0.29) is 24.4 Å². The first-order valence-corrected chi connectivity index (χ1v) is 8.66. The molecule has 0 aliphatic heterocycles. The van der Waals surface area contributed by atoms with E-state index in [9.17, 15) is 14.4 Å². The number of ether oxygens (including phenoxy) is 2. The molecule has 140 valence electrons. The summed E-state index contributed by atoms with van der Waals surface area (Å²) in [4.78, 5) is 34.6.